The maximum Gasteiger partial charge on any atom is 0.308 e. The molecule has 0 aromatic carbocycles. The normalized spacial score (nSPS) is 18.3. The maximum absolute atomic E-state index is 12.1. The smallest absolute Gasteiger partial charge is 0.308 e. The summed E-state index contributed by atoms with van der Waals surface area (Å²) in [6.07, 6.45) is 6.65. The van der Waals surface area contributed by atoms with Crippen molar-refractivity contribution in [1.82, 2.24) is 4.90 Å². The number of hydrogen-bond donors (Lipinski definition) is 1. The third-order valence-electron chi connectivity index (χ3n) is 3.84. The van der Waals surface area contributed by atoms with Crippen LogP contribution in [0, 0.1) is 11.8 Å². The molecule has 1 N–H and O–H groups in total. The van der Waals surface area contributed by atoms with Gasteiger partial charge in [-0.1, -0.05) is 26.2 Å². The van der Waals surface area contributed by atoms with Gasteiger partial charge in [0.1, 0.15) is 0 Å². The van der Waals surface area contributed by atoms with Gasteiger partial charge in [0.25, 0.3) is 0 Å². The van der Waals surface area contributed by atoms with Crippen molar-refractivity contribution >= 4 is 11.9 Å². The van der Waals surface area contributed by atoms with Gasteiger partial charge in [0.05, 0.1) is 5.92 Å². The fourth-order valence-electron chi connectivity index (χ4n) is 2.58. The summed E-state index contributed by atoms with van der Waals surface area (Å²) in [7, 11) is 0. The third kappa shape index (κ3) is 4.67. The highest BCUT2D eigenvalue weighted by molar-refractivity contribution is 5.77. The van der Waals surface area contributed by atoms with Crippen LogP contribution in [0.3, 0.4) is 0 Å². The number of rotatable bonds is 6. The topological polar surface area (TPSA) is 57.6 Å². The first-order valence-corrected chi connectivity index (χ1v) is 7.05. The van der Waals surface area contributed by atoms with Gasteiger partial charge in [-0.25, -0.2) is 0 Å². The molecule has 0 aromatic rings. The van der Waals surface area contributed by atoms with E-state index < -0.39 is 11.9 Å². The zero-order chi connectivity index (χ0) is 13.5. The Morgan fingerprint density at radius 2 is 1.89 bits per heavy atom. The molecule has 1 aliphatic carbocycles. The van der Waals surface area contributed by atoms with Gasteiger partial charge in [0.15, 0.2) is 0 Å². The van der Waals surface area contributed by atoms with E-state index in [0.29, 0.717) is 25.4 Å². The molecule has 0 bridgehead atoms. The lowest BCUT2D eigenvalue weighted by molar-refractivity contribution is -0.143. The van der Waals surface area contributed by atoms with Crippen LogP contribution >= 0.6 is 0 Å². The number of amides is 1. The van der Waals surface area contributed by atoms with Crippen LogP contribution in [-0.2, 0) is 9.59 Å². The zero-order valence-corrected chi connectivity index (χ0v) is 11.5. The van der Waals surface area contributed by atoms with E-state index in [1.165, 1.54) is 19.3 Å². The highest BCUT2D eigenvalue weighted by atomic mass is 16.4. The summed E-state index contributed by atoms with van der Waals surface area (Å²) in [5.74, 6) is -0.683. The number of carbonyl (C=O) groups is 2. The molecular weight excluding hydrogens is 230 g/mol. The molecule has 0 spiro atoms. The quantitative estimate of drug-likeness (QED) is 0.793. The van der Waals surface area contributed by atoms with Crippen LogP contribution in [0.25, 0.3) is 0 Å². The van der Waals surface area contributed by atoms with Crippen molar-refractivity contribution in [3.05, 3.63) is 0 Å². The first-order valence-electron chi connectivity index (χ1n) is 7.05. The van der Waals surface area contributed by atoms with Crippen LogP contribution in [-0.4, -0.2) is 35.0 Å². The fraction of sp³-hybridized carbons (Fsp3) is 0.857. The summed E-state index contributed by atoms with van der Waals surface area (Å²) >= 11 is 0. The average molecular weight is 255 g/mol. The van der Waals surface area contributed by atoms with E-state index in [0.717, 1.165) is 12.8 Å². The Labute approximate surface area is 109 Å². The number of nitrogens with zero attached hydrogens (tertiary/aromatic N) is 1. The predicted molar refractivity (Wildman–Crippen MR) is 70.2 cm³/mol. The van der Waals surface area contributed by atoms with E-state index >= 15 is 0 Å². The highest BCUT2D eigenvalue weighted by Gasteiger charge is 2.23. The minimum atomic E-state index is -0.834. The largest absolute Gasteiger partial charge is 0.481 e. The van der Waals surface area contributed by atoms with E-state index in [4.69, 9.17) is 5.11 Å². The molecule has 1 rings (SSSR count). The molecule has 1 amide bonds. The average Bonchev–Trinajstić information content (AvgIpc) is 2.36. The minimum Gasteiger partial charge on any atom is -0.481 e. The first-order chi connectivity index (χ1) is 8.54. The minimum absolute atomic E-state index is 0.123. The number of carbonyl (C=O) groups excluding carboxylic acids is 1. The summed E-state index contributed by atoms with van der Waals surface area (Å²) in [5, 5.41) is 8.89. The molecule has 1 atom stereocenters. The van der Waals surface area contributed by atoms with Gasteiger partial charge >= 0.3 is 5.97 Å². The number of hydrogen-bond acceptors (Lipinski definition) is 2. The summed E-state index contributed by atoms with van der Waals surface area (Å²) in [6.45, 7) is 4.49. The monoisotopic (exact) mass is 255 g/mol. The van der Waals surface area contributed by atoms with Crippen LogP contribution in [0.2, 0.25) is 0 Å². The molecule has 0 aromatic heterocycles. The molecular formula is C14H25NO3. The van der Waals surface area contributed by atoms with E-state index in [1.54, 1.807) is 11.8 Å². The number of carboxylic acid groups (broad SMARTS) is 1. The van der Waals surface area contributed by atoms with E-state index in [2.05, 4.69) is 0 Å². The van der Waals surface area contributed by atoms with Crippen molar-refractivity contribution in [2.45, 2.75) is 52.4 Å². The van der Waals surface area contributed by atoms with Crippen molar-refractivity contribution in [1.29, 1.82) is 0 Å². The van der Waals surface area contributed by atoms with E-state index in [9.17, 15) is 9.59 Å². The number of aliphatic carboxylic acids is 1. The summed E-state index contributed by atoms with van der Waals surface area (Å²) in [5.41, 5.74) is 0. The molecule has 1 aliphatic rings. The maximum atomic E-state index is 12.1. The zero-order valence-electron chi connectivity index (χ0n) is 11.5. The van der Waals surface area contributed by atoms with Crippen molar-refractivity contribution in [3.8, 4) is 0 Å². The molecule has 4 heteroatoms. The first kappa shape index (κ1) is 15.0. The Hall–Kier alpha value is -1.06. The van der Waals surface area contributed by atoms with Crippen molar-refractivity contribution in [2.75, 3.05) is 13.1 Å². The van der Waals surface area contributed by atoms with Crippen molar-refractivity contribution in [2.24, 2.45) is 11.8 Å². The Morgan fingerprint density at radius 3 is 2.39 bits per heavy atom. The Balaban J connectivity index is 2.43. The van der Waals surface area contributed by atoms with Gasteiger partial charge in [-0.05, 0) is 25.7 Å². The van der Waals surface area contributed by atoms with Crippen LogP contribution < -0.4 is 0 Å². The second kappa shape index (κ2) is 7.39. The molecule has 0 aliphatic heterocycles. The second-order valence-electron chi connectivity index (χ2n) is 5.38. The lowest BCUT2D eigenvalue weighted by atomic mass is 9.86. The molecule has 0 saturated heterocycles. The SMILES string of the molecule is CCN(CC(C)C(=O)O)C(=O)CC1CCCCC1. The van der Waals surface area contributed by atoms with Crippen LogP contribution in [0.15, 0.2) is 0 Å². The standard InChI is InChI=1S/C14H25NO3/c1-3-15(10-11(2)14(17)18)13(16)9-12-7-5-4-6-8-12/h11-12H,3-10H2,1-2H3,(H,17,18). The second-order valence-corrected chi connectivity index (χ2v) is 5.38. The molecule has 1 unspecified atom stereocenters. The molecule has 18 heavy (non-hydrogen) atoms. The highest BCUT2D eigenvalue weighted by Crippen LogP contribution is 2.26. The van der Waals surface area contributed by atoms with Gasteiger partial charge in [-0.15, -0.1) is 0 Å². The van der Waals surface area contributed by atoms with E-state index in [1.807, 2.05) is 6.92 Å². The predicted octanol–water partition coefficient (Wildman–Crippen LogP) is 2.53. The lowest BCUT2D eigenvalue weighted by Gasteiger charge is -2.27. The lowest BCUT2D eigenvalue weighted by Crippen LogP contribution is -2.37. The van der Waals surface area contributed by atoms with Gasteiger partial charge < -0.3 is 10.0 Å². The van der Waals surface area contributed by atoms with Crippen LogP contribution in [0.1, 0.15) is 52.4 Å². The molecule has 104 valence electrons. The van der Waals surface area contributed by atoms with Crippen LogP contribution in [0.4, 0.5) is 0 Å². The van der Waals surface area contributed by atoms with Gasteiger partial charge in [-0.3, -0.25) is 9.59 Å². The molecule has 1 saturated carbocycles. The Bertz CT molecular complexity index is 285. The molecule has 4 nitrogen and oxygen atoms in total. The summed E-state index contributed by atoms with van der Waals surface area (Å²) in [6, 6.07) is 0. The molecule has 0 heterocycles. The summed E-state index contributed by atoms with van der Waals surface area (Å²) < 4.78 is 0. The van der Waals surface area contributed by atoms with Gasteiger partial charge in [0, 0.05) is 19.5 Å². The van der Waals surface area contributed by atoms with Gasteiger partial charge in [0.2, 0.25) is 5.91 Å². The van der Waals surface area contributed by atoms with Crippen molar-refractivity contribution < 1.29 is 14.7 Å². The fourth-order valence-corrected chi connectivity index (χ4v) is 2.58. The van der Waals surface area contributed by atoms with Crippen molar-refractivity contribution in [3.63, 3.8) is 0 Å². The molecule has 0 radical (unpaired) electrons. The molecule has 1 fully saturated rings. The third-order valence-corrected chi connectivity index (χ3v) is 3.84. The Morgan fingerprint density at radius 1 is 1.28 bits per heavy atom. The Kier molecular flexibility index (Phi) is 6.16. The number of carboxylic acids is 1. The van der Waals surface area contributed by atoms with Crippen LogP contribution in [0.5, 0.6) is 0 Å². The van der Waals surface area contributed by atoms with E-state index in [-0.39, 0.29) is 5.91 Å². The van der Waals surface area contributed by atoms with Gasteiger partial charge in [-0.2, -0.15) is 0 Å². The summed E-state index contributed by atoms with van der Waals surface area (Å²) in [4.78, 5) is 24.6.